The van der Waals surface area contributed by atoms with Crippen molar-refractivity contribution >= 4 is 0 Å². The van der Waals surface area contributed by atoms with Crippen molar-refractivity contribution in [1.29, 1.82) is 0 Å². The van der Waals surface area contributed by atoms with Gasteiger partial charge in [-0.3, -0.25) is 0 Å². The van der Waals surface area contributed by atoms with Gasteiger partial charge < -0.3 is 15.5 Å². The number of β-amino-alcohol motifs (C(OH)–C–C–N with tert-alkyl or cyclic N) is 1. The van der Waals surface area contributed by atoms with Gasteiger partial charge in [0, 0.05) is 12.6 Å². The molecular formula is C6H13NO2. The predicted octanol–water partition coefficient (Wildman–Crippen LogP) is -0.908. The van der Waals surface area contributed by atoms with Crippen molar-refractivity contribution in [2.45, 2.75) is 25.0 Å². The van der Waals surface area contributed by atoms with E-state index in [2.05, 4.69) is 5.32 Å². The molecule has 0 bridgehead atoms. The number of hydrogen-bond acceptors (Lipinski definition) is 3. The summed E-state index contributed by atoms with van der Waals surface area (Å²) in [7, 11) is 0. The van der Waals surface area contributed by atoms with Gasteiger partial charge in [0.1, 0.15) is 0 Å². The van der Waals surface area contributed by atoms with E-state index in [1.54, 1.807) is 0 Å². The highest BCUT2D eigenvalue weighted by molar-refractivity contribution is 4.75. The summed E-state index contributed by atoms with van der Waals surface area (Å²) in [5, 5.41) is 20.6. The predicted molar refractivity (Wildman–Crippen MR) is 34.1 cm³/mol. The molecule has 1 rings (SSSR count). The molecule has 2 unspecified atom stereocenters. The van der Waals surface area contributed by atoms with Gasteiger partial charge in [-0.15, -0.1) is 0 Å². The van der Waals surface area contributed by atoms with Crippen molar-refractivity contribution in [3.8, 4) is 0 Å². The van der Waals surface area contributed by atoms with E-state index < -0.39 is 0 Å². The summed E-state index contributed by atoms with van der Waals surface area (Å²) < 4.78 is 0. The Bertz CT molecular complexity index is 79.1. The van der Waals surface area contributed by atoms with E-state index in [0.29, 0.717) is 6.54 Å². The standard InChI is InChI=1S/C6H13NO2/c8-4-5-1-2-6(9)3-7-5/h5-9H,1-4H2. The Hall–Kier alpha value is -0.120. The number of piperidine rings is 1. The first-order chi connectivity index (χ1) is 4.33. The minimum atomic E-state index is -0.201. The molecule has 1 fully saturated rings. The lowest BCUT2D eigenvalue weighted by Crippen LogP contribution is -2.43. The van der Waals surface area contributed by atoms with Crippen molar-refractivity contribution in [3.05, 3.63) is 0 Å². The third kappa shape index (κ3) is 1.93. The number of hydrogen-bond donors (Lipinski definition) is 3. The van der Waals surface area contributed by atoms with Crippen LogP contribution in [0.1, 0.15) is 12.8 Å². The van der Waals surface area contributed by atoms with Crippen LogP contribution in [0.3, 0.4) is 0 Å². The van der Waals surface area contributed by atoms with Gasteiger partial charge in [0.05, 0.1) is 12.7 Å². The van der Waals surface area contributed by atoms with Crippen molar-refractivity contribution < 1.29 is 10.2 Å². The van der Waals surface area contributed by atoms with Gasteiger partial charge in [0.2, 0.25) is 0 Å². The maximum atomic E-state index is 8.98. The van der Waals surface area contributed by atoms with E-state index in [1.807, 2.05) is 0 Å². The van der Waals surface area contributed by atoms with Gasteiger partial charge in [-0.2, -0.15) is 0 Å². The first-order valence-electron chi connectivity index (χ1n) is 3.35. The van der Waals surface area contributed by atoms with E-state index in [4.69, 9.17) is 10.2 Å². The van der Waals surface area contributed by atoms with Gasteiger partial charge >= 0.3 is 0 Å². The molecule has 0 saturated carbocycles. The van der Waals surface area contributed by atoms with Crippen LogP contribution in [0.2, 0.25) is 0 Å². The highest BCUT2D eigenvalue weighted by Crippen LogP contribution is 2.06. The minimum Gasteiger partial charge on any atom is -0.395 e. The summed E-state index contributed by atoms with van der Waals surface area (Å²) in [5.41, 5.74) is 0. The Morgan fingerprint density at radius 2 is 2.22 bits per heavy atom. The molecule has 0 aromatic carbocycles. The molecule has 0 aliphatic carbocycles. The second kappa shape index (κ2) is 3.15. The molecule has 1 aliphatic heterocycles. The largest absolute Gasteiger partial charge is 0.395 e. The van der Waals surface area contributed by atoms with Crippen LogP contribution in [0.4, 0.5) is 0 Å². The molecule has 3 nitrogen and oxygen atoms in total. The molecular weight excluding hydrogens is 118 g/mol. The fraction of sp³-hybridized carbons (Fsp3) is 1.00. The van der Waals surface area contributed by atoms with Crippen LogP contribution in [-0.4, -0.2) is 35.5 Å². The molecule has 1 aliphatic rings. The Morgan fingerprint density at radius 3 is 2.67 bits per heavy atom. The molecule has 1 saturated heterocycles. The van der Waals surface area contributed by atoms with E-state index >= 15 is 0 Å². The van der Waals surface area contributed by atoms with Crippen molar-refractivity contribution in [2.75, 3.05) is 13.2 Å². The fourth-order valence-electron chi connectivity index (χ4n) is 1.06. The lowest BCUT2D eigenvalue weighted by molar-refractivity contribution is 0.108. The summed E-state index contributed by atoms with van der Waals surface area (Å²) >= 11 is 0. The summed E-state index contributed by atoms with van der Waals surface area (Å²) in [6, 6.07) is 0.216. The van der Waals surface area contributed by atoms with Crippen LogP contribution in [0, 0.1) is 0 Å². The zero-order valence-electron chi connectivity index (χ0n) is 5.38. The van der Waals surface area contributed by atoms with Crippen LogP contribution in [0.25, 0.3) is 0 Å². The van der Waals surface area contributed by atoms with Crippen molar-refractivity contribution in [1.82, 2.24) is 5.32 Å². The van der Waals surface area contributed by atoms with Gasteiger partial charge in [0.25, 0.3) is 0 Å². The number of aliphatic hydroxyl groups excluding tert-OH is 2. The SMILES string of the molecule is OCC1CCC(O)CN1. The third-order valence-electron chi connectivity index (χ3n) is 1.71. The summed E-state index contributed by atoms with van der Waals surface area (Å²) in [6.45, 7) is 0.817. The quantitative estimate of drug-likeness (QED) is 0.432. The maximum absolute atomic E-state index is 8.98. The fourth-order valence-corrected chi connectivity index (χ4v) is 1.06. The van der Waals surface area contributed by atoms with Crippen LogP contribution in [0.5, 0.6) is 0 Å². The molecule has 2 atom stereocenters. The monoisotopic (exact) mass is 131 g/mol. The normalized spacial score (nSPS) is 36.7. The second-order valence-electron chi connectivity index (χ2n) is 2.52. The summed E-state index contributed by atoms with van der Waals surface area (Å²) in [4.78, 5) is 0. The van der Waals surface area contributed by atoms with E-state index in [9.17, 15) is 0 Å². The van der Waals surface area contributed by atoms with Crippen molar-refractivity contribution in [3.63, 3.8) is 0 Å². The first kappa shape index (κ1) is 6.99. The number of rotatable bonds is 1. The van der Waals surface area contributed by atoms with Gasteiger partial charge in [0.15, 0.2) is 0 Å². The Kier molecular flexibility index (Phi) is 2.45. The van der Waals surface area contributed by atoms with E-state index in [0.717, 1.165) is 12.8 Å². The lowest BCUT2D eigenvalue weighted by Gasteiger charge is -2.25. The minimum absolute atomic E-state index is 0.187. The van der Waals surface area contributed by atoms with Crippen molar-refractivity contribution in [2.24, 2.45) is 0 Å². The Labute approximate surface area is 54.7 Å². The zero-order valence-corrected chi connectivity index (χ0v) is 5.38. The molecule has 1 heterocycles. The molecule has 0 aromatic heterocycles. The number of nitrogens with one attached hydrogen (secondary N) is 1. The Balaban J connectivity index is 2.18. The molecule has 0 radical (unpaired) electrons. The zero-order chi connectivity index (χ0) is 6.69. The Morgan fingerprint density at radius 1 is 1.44 bits per heavy atom. The topological polar surface area (TPSA) is 52.5 Å². The first-order valence-corrected chi connectivity index (χ1v) is 3.35. The van der Waals surface area contributed by atoms with Crippen LogP contribution in [-0.2, 0) is 0 Å². The van der Waals surface area contributed by atoms with Gasteiger partial charge in [-0.1, -0.05) is 0 Å². The second-order valence-corrected chi connectivity index (χ2v) is 2.52. The highest BCUT2D eigenvalue weighted by Gasteiger charge is 2.16. The van der Waals surface area contributed by atoms with E-state index in [1.165, 1.54) is 0 Å². The van der Waals surface area contributed by atoms with Crippen LogP contribution in [0.15, 0.2) is 0 Å². The molecule has 0 aromatic rings. The summed E-state index contributed by atoms with van der Waals surface area (Å²) in [6.07, 6.45) is 1.50. The van der Waals surface area contributed by atoms with Gasteiger partial charge in [-0.05, 0) is 12.8 Å². The number of aliphatic hydroxyl groups is 2. The maximum Gasteiger partial charge on any atom is 0.0665 e. The van der Waals surface area contributed by atoms with Crippen LogP contribution >= 0.6 is 0 Å². The third-order valence-corrected chi connectivity index (χ3v) is 1.71. The van der Waals surface area contributed by atoms with E-state index in [-0.39, 0.29) is 18.8 Å². The molecule has 0 spiro atoms. The lowest BCUT2D eigenvalue weighted by atomic mass is 10.0. The summed E-state index contributed by atoms with van der Waals surface area (Å²) in [5.74, 6) is 0. The average molecular weight is 131 g/mol. The molecule has 3 N–H and O–H groups in total. The smallest absolute Gasteiger partial charge is 0.0665 e. The highest BCUT2D eigenvalue weighted by atomic mass is 16.3. The van der Waals surface area contributed by atoms with Gasteiger partial charge in [-0.25, -0.2) is 0 Å². The molecule has 3 heteroatoms. The van der Waals surface area contributed by atoms with Crippen LogP contribution < -0.4 is 5.32 Å². The average Bonchev–Trinajstić information content (AvgIpc) is 1.90. The molecule has 0 amide bonds. The molecule has 54 valence electrons. The molecule has 9 heavy (non-hydrogen) atoms.